The Morgan fingerprint density at radius 1 is 1.27 bits per heavy atom. The van der Waals surface area contributed by atoms with E-state index in [1.165, 1.54) is 31.2 Å². The Labute approximate surface area is 130 Å². The topological polar surface area (TPSA) is 101 Å². The van der Waals surface area contributed by atoms with E-state index in [1.807, 2.05) is 0 Å². The summed E-state index contributed by atoms with van der Waals surface area (Å²) in [4.78, 5) is 10.9. The molecule has 2 aromatic rings. The summed E-state index contributed by atoms with van der Waals surface area (Å²) in [6.45, 7) is 2.91. The molecule has 7 nitrogen and oxygen atoms in total. The molecule has 0 aliphatic heterocycles. The van der Waals surface area contributed by atoms with Crippen molar-refractivity contribution < 1.29 is 17.6 Å². The van der Waals surface area contributed by atoms with Gasteiger partial charge in [0.25, 0.3) is 10.0 Å². The summed E-state index contributed by atoms with van der Waals surface area (Å²) in [7, 11) is -3.88. The molecular weight excluding hydrogens is 331 g/mol. The zero-order valence-corrected chi connectivity index (χ0v) is 13.3. The number of sulfonamides is 1. The van der Waals surface area contributed by atoms with Crippen molar-refractivity contribution in [1.29, 1.82) is 0 Å². The molecule has 0 bridgehead atoms. The number of amides is 1. The van der Waals surface area contributed by atoms with Gasteiger partial charge in [-0.3, -0.25) is 4.79 Å². The highest BCUT2D eigenvalue weighted by Gasteiger charge is 2.23. The lowest BCUT2D eigenvalue weighted by Crippen LogP contribution is -2.26. The van der Waals surface area contributed by atoms with Gasteiger partial charge in [-0.05, 0) is 24.6 Å². The molecule has 0 fully saturated rings. The molecule has 0 radical (unpaired) electrons. The number of carbonyl (C=O) groups is 1. The van der Waals surface area contributed by atoms with Crippen LogP contribution in [0, 0.1) is 5.82 Å². The third-order valence-electron chi connectivity index (χ3n) is 2.62. The van der Waals surface area contributed by atoms with Gasteiger partial charge in [0.15, 0.2) is 0 Å². The average Bonchev–Trinajstić information content (AvgIpc) is 2.87. The highest BCUT2D eigenvalue weighted by Crippen LogP contribution is 2.22. The van der Waals surface area contributed by atoms with Gasteiger partial charge in [0, 0.05) is 13.0 Å². The Kier molecular flexibility index (Phi) is 4.84. The highest BCUT2D eigenvalue weighted by atomic mass is 32.2. The number of benzene rings is 1. The second-order valence-corrected chi connectivity index (χ2v) is 7.31. The number of rotatable bonds is 5. The monoisotopic (exact) mass is 344 g/mol. The van der Waals surface area contributed by atoms with Crippen molar-refractivity contribution in [2.45, 2.75) is 24.2 Å². The van der Waals surface area contributed by atoms with Gasteiger partial charge in [0.2, 0.25) is 15.4 Å². The Bertz CT molecular complexity index is 774. The zero-order valence-electron chi connectivity index (χ0n) is 11.7. The fourth-order valence-electron chi connectivity index (χ4n) is 1.62. The van der Waals surface area contributed by atoms with Crippen LogP contribution in [0.1, 0.15) is 25.5 Å². The minimum Gasteiger partial charge on any atom is -0.301 e. The lowest BCUT2D eigenvalue weighted by atomic mass is 10.1. The molecule has 1 aromatic heterocycles. The maximum atomic E-state index is 12.9. The molecule has 1 atom stereocenters. The average molecular weight is 344 g/mol. The summed E-state index contributed by atoms with van der Waals surface area (Å²) in [6, 6.07) is 4.91. The van der Waals surface area contributed by atoms with E-state index in [0.29, 0.717) is 5.56 Å². The van der Waals surface area contributed by atoms with Gasteiger partial charge >= 0.3 is 0 Å². The van der Waals surface area contributed by atoms with Gasteiger partial charge in [-0.15, -0.1) is 10.2 Å². The molecule has 0 aliphatic carbocycles. The van der Waals surface area contributed by atoms with Gasteiger partial charge in [-0.2, -0.15) is 0 Å². The van der Waals surface area contributed by atoms with E-state index < -0.39 is 21.9 Å². The minimum atomic E-state index is -3.88. The van der Waals surface area contributed by atoms with E-state index in [9.17, 15) is 17.6 Å². The summed E-state index contributed by atoms with van der Waals surface area (Å²) >= 11 is 0.743. The van der Waals surface area contributed by atoms with Gasteiger partial charge in [-0.25, -0.2) is 17.5 Å². The largest absolute Gasteiger partial charge is 0.301 e. The normalized spacial score (nSPS) is 12.9. The molecule has 0 unspecified atom stereocenters. The van der Waals surface area contributed by atoms with E-state index in [0.717, 1.165) is 11.3 Å². The summed E-state index contributed by atoms with van der Waals surface area (Å²) in [5, 5.41) is 9.59. The number of nitrogens with one attached hydrogen (secondary N) is 2. The second kappa shape index (κ2) is 6.46. The first-order valence-electron chi connectivity index (χ1n) is 6.17. The number of aromatic nitrogens is 2. The summed E-state index contributed by atoms with van der Waals surface area (Å²) < 4.78 is 39.4. The maximum Gasteiger partial charge on any atom is 0.270 e. The number of halogens is 1. The lowest BCUT2D eigenvalue weighted by Gasteiger charge is -2.12. The standard InChI is InChI=1S/C12H13FN4O3S2/c1-7(9-3-5-10(13)6-4-9)17-22(19,20)12-16-15-11(21-12)14-8(2)18/h3-7,17H,1-2H3,(H,14,15,18)/t7-/m0/s1. The summed E-state index contributed by atoms with van der Waals surface area (Å²) in [6.07, 6.45) is 0. The van der Waals surface area contributed by atoms with E-state index in [1.54, 1.807) is 6.92 Å². The van der Waals surface area contributed by atoms with Crippen molar-refractivity contribution in [3.8, 4) is 0 Å². The molecule has 2 N–H and O–H groups in total. The molecule has 2 rings (SSSR count). The van der Waals surface area contributed by atoms with Crippen LogP contribution in [0.15, 0.2) is 28.6 Å². The van der Waals surface area contributed by atoms with Crippen LogP contribution in [0.25, 0.3) is 0 Å². The number of nitrogens with zero attached hydrogens (tertiary/aromatic N) is 2. The Balaban J connectivity index is 2.14. The van der Waals surface area contributed by atoms with Gasteiger partial charge in [0.05, 0.1) is 0 Å². The van der Waals surface area contributed by atoms with E-state index in [-0.39, 0.29) is 15.4 Å². The van der Waals surface area contributed by atoms with Crippen LogP contribution in [-0.2, 0) is 14.8 Å². The van der Waals surface area contributed by atoms with Crippen molar-refractivity contribution >= 4 is 32.4 Å². The van der Waals surface area contributed by atoms with E-state index in [4.69, 9.17) is 0 Å². The van der Waals surface area contributed by atoms with Crippen LogP contribution in [0.2, 0.25) is 0 Å². The predicted molar refractivity (Wildman–Crippen MR) is 79.3 cm³/mol. The lowest BCUT2D eigenvalue weighted by molar-refractivity contribution is -0.114. The first-order chi connectivity index (χ1) is 10.3. The van der Waals surface area contributed by atoms with Gasteiger partial charge < -0.3 is 5.32 Å². The number of anilines is 1. The third kappa shape index (κ3) is 4.06. The van der Waals surface area contributed by atoms with Crippen LogP contribution < -0.4 is 10.0 Å². The Morgan fingerprint density at radius 2 is 1.91 bits per heavy atom. The third-order valence-corrected chi connectivity index (χ3v) is 5.37. The van der Waals surface area contributed by atoms with Crippen LogP contribution >= 0.6 is 11.3 Å². The van der Waals surface area contributed by atoms with Crippen molar-refractivity contribution in [2.24, 2.45) is 0 Å². The molecule has 1 aromatic carbocycles. The smallest absolute Gasteiger partial charge is 0.270 e. The van der Waals surface area contributed by atoms with Crippen molar-refractivity contribution in [3.05, 3.63) is 35.6 Å². The zero-order chi connectivity index (χ0) is 16.3. The van der Waals surface area contributed by atoms with Gasteiger partial charge in [0.1, 0.15) is 5.82 Å². The Morgan fingerprint density at radius 3 is 2.50 bits per heavy atom. The molecule has 118 valence electrons. The maximum absolute atomic E-state index is 12.9. The molecule has 22 heavy (non-hydrogen) atoms. The van der Waals surface area contributed by atoms with Crippen LogP contribution in [0.5, 0.6) is 0 Å². The fourth-order valence-corrected chi connectivity index (χ4v) is 3.82. The van der Waals surface area contributed by atoms with Crippen LogP contribution in [0.4, 0.5) is 9.52 Å². The van der Waals surface area contributed by atoms with E-state index in [2.05, 4.69) is 20.2 Å². The van der Waals surface area contributed by atoms with Crippen LogP contribution in [-0.4, -0.2) is 24.5 Å². The molecule has 0 spiro atoms. The van der Waals surface area contributed by atoms with Crippen molar-refractivity contribution in [2.75, 3.05) is 5.32 Å². The summed E-state index contributed by atoms with van der Waals surface area (Å²) in [5.74, 6) is -0.768. The number of hydrogen-bond donors (Lipinski definition) is 2. The minimum absolute atomic E-state index is 0.0994. The number of carbonyl (C=O) groups excluding carboxylic acids is 1. The first-order valence-corrected chi connectivity index (χ1v) is 8.47. The Hall–Kier alpha value is -1.91. The fraction of sp³-hybridized carbons (Fsp3) is 0.250. The SMILES string of the molecule is CC(=O)Nc1nnc(S(=O)(=O)N[C@@H](C)c2ccc(F)cc2)s1. The molecule has 1 heterocycles. The van der Waals surface area contributed by atoms with E-state index >= 15 is 0 Å². The molecule has 0 saturated carbocycles. The van der Waals surface area contributed by atoms with Crippen LogP contribution in [0.3, 0.4) is 0 Å². The van der Waals surface area contributed by atoms with Crippen molar-refractivity contribution in [1.82, 2.24) is 14.9 Å². The van der Waals surface area contributed by atoms with Crippen molar-refractivity contribution in [3.63, 3.8) is 0 Å². The predicted octanol–water partition coefficient (Wildman–Crippen LogP) is 1.68. The molecular formula is C12H13FN4O3S2. The molecule has 0 saturated heterocycles. The second-order valence-electron chi connectivity index (χ2n) is 4.45. The van der Waals surface area contributed by atoms with Gasteiger partial charge in [-0.1, -0.05) is 23.5 Å². The molecule has 10 heteroatoms. The molecule has 0 aliphatic rings. The number of hydrogen-bond acceptors (Lipinski definition) is 6. The molecule has 1 amide bonds. The summed E-state index contributed by atoms with van der Waals surface area (Å²) in [5.41, 5.74) is 0.608. The first kappa shape index (κ1) is 16.5. The quantitative estimate of drug-likeness (QED) is 0.804. The highest BCUT2D eigenvalue weighted by molar-refractivity contribution is 7.91.